The van der Waals surface area contributed by atoms with E-state index in [4.69, 9.17) is 0 Å². The Bertz CT molecular complexity index is 499. The average Bonchev–Trinajstić information content (AvgIpc) is 2.84. The van der Waals surface area contributed by atoms with Crippen LogP contribution >= 0.6 is 27.3 Å². The fourth-order valence-electron chi connectivity index (χ4n) is 1.80. The highest BCUT2D eigenvalue weighted by Gasteiger charge is 2.07. The van der Waals surface area contributed by atoms with Gasteiger partial charge in [-0.3, -0.25) is 0 Å². The summed E-state index contributed by atoms with van der Waals surface area (Å²) in [6.07, 6.45) is 0.996. The molecule has 0 aliphatic carbocycles. The van der Waals surface area contributed by atoms with Crippen molar-refractivity contribution in [1.82, 2.24) is 5.32 Å². The van der Waals surface area contributed by atoms with E-state index in [1.165, 1.54) is 11.6 Å². The van der Waals surface area contributed by atoms with Gasteiger partial charge in [0.1, 0.15) is 5.82 Å². The summed E-state index contributed by atoms with van der Waals surface area (Å²) in [6.45, 7) is 2.81. The number of hydrogen-bond acceptors (Lipinski definition) is 2. The third-order valence-electron chi connectivity index (χ3n) is 2.79. The maximum absolute atomic E-state index is 13.3. The largest absolute Gasteiger partial charge is 0.310 e. The van der Waals surface area contributed by atoms with Gasteiger partial charge in [0.25, 0.3) is 0 Å². The first kappa shape index (κ1) is 13.7. The number of rotatable bonds is 5. The molecule has 0 fully saturated rings. The van der Waals surface area contributed by atoms with Crippen molar-refractivity contribution < 1.29 is 4.39 Å². The summed E-state index contributed by atoms with van der Waals surface area (Å²) in [6, 6.07) is 7.64. The molecule has 1 unspecified atom stereocenters. The highest BCUT2D eigenvalue weighted by atomic mass is 79.9. The minimum atomic E-state index is -0.209. The minimum Gasteiger partial charge on any atom is -0.310 e. The first-order valence-corrected chi connectivity index (χ1v) is 7.57. The van der Waals surface area contributed by atoms with E-state index in [0.29, 0.717) is 17.1 Å². The molecule has 1 aromatic heterocycles. The Morgan fingerprint density at radius 2 is 2.22 bits per heavy atom. The third-order valence-corrected chi connectivity index (χ3v) is 4.41. The van der Waals surface area contributed by atoms with Gasteiger partial charge in [0, 0.05) is 12.6 Å². The lowest BCUT2D eigenvalue weighted by Gasteiger charge is -2.14. The van der Waals surface area contributed by atoms with E-state index in [0.717, 1.165) is 12.0 Å². The van der Waals surface area contributed by atoms with Crippen LogP contribution in [-0.4, -0.2) is 6.04 Å². The van der Waals surface area contributed by atoms with E-state index in [-0.39, 0.29) is 5.82 Å². The third kappa shape index (κ3) is 3.64. The molecule has 4 heteroatoms. The molecule has 0 radical (unpaired) electrons. The molecule has 1 nitrogen and oxygen atoms in total. The van der Waals surface area contributed by atoms with Crippen LogP contribution in [0.5, 0.6) is 0 Å². The summed E-state index contributed by atoms with van der Waals surface area (Å²) < 4.78 is 13.9. The quantitative estimate of drug-likeness (QED) is 0.859. The highest BCUT2D eigenvalue weighted by molar-refractivity contribution is 9.10. The number of thiophene rings is 1. The Kier molecular flexibility index (Phi) is 4.92. The maximum atomic E-state index is 13.3. The van der Waals surface area contributed by atoms with Crippen LogP contribution in [0.3, 0.4) is 0 Å². The Labute approximate surface area is 119 Å². The van der Waals surface area contributed by atoms with Gasteiger partial charge < -0.3 is 5.32 Å². The summed E-state index contributed by atoms with van der Waals surface area (Å²) in [4.78, 5) is 0. The molecule has 2 rings (SSSR count). The number of hydrogen-bond donors (Lipinski definition) is 1. The van der Waals surface area contributed by atoms with Crippen LogP contribution < -0.4 is 5.32 Å². The van der Waals surface area contributed by atoms with Crippen molar-refractivity contribution in [3.8, 4) is 0 Å². The zero-order valence-corrected chi connectivity index (χ0v) is 12.5. The van der Waals surface area contributed by atoms with Gasteiger partial charge in [-0.1, -0.05) is 12.1 Å². The standard InChI is InChI=1S/C14H15BrFNS/c1-10(7-11-5-6-18-9-11)17-8-12-3-2-4-13(16)14(12)15/h2-6,9-10,17H,7-8H2,1H3. The van der Waals surface area contributed by atoms with Crippen LogP contribution in [0.25, 0.3) is 0 Å². The molecule has 1 N–H and O–H groups in total. The molecule has 0 spiro atoms. The second-order valence-corrected chi connectivity index (χ2v) is 5.90. The van der Waals surface area contributed by atoms with Crippen molar-refractivity contribution in [3.63, 3.8) is 0 Å². The van der Waals surface area contributed by atoms with Crippen LogP contribution in [0.2, 0.25) is 0 Å². The SMILES string of the molecule is CC(Cc1ccsc1)NCc1cccc(F)c1Br. The molecule has 18 heavy (non-hydrogen) atoms. The van der Waals surface area contributed by atoms with Gasteiger partial charge in [0.2, 0.25) is 0 Å². The van der Waals surface area contributed by atoms with Crippen LogP contribution in [-0.2, 0) is 13.0 Å². The zero-order valence-electron chi connectivity index (χ0n) is 10.1. The molecule has 2 aromatic rings. The molecule has 96 valence electrons. The van der Waals surface area contributed by atoms with E-state index in [1.54, 1.807) is 17.4 Å². The summed E-state index contributed by atoms with van der Waals surface area (Å²) >= 11 is 4.99. The van der Waals surface area contributed by atoms with Crippen molar-refractivity contribution in [2.75, 3.05) is 0 Å². The van der Waals surface area contributed by atoms with Crippen molar-refractivity contribution in [2.45, 2.75) is 25.9 Å². The molecular weight excluding hydrogens is 313 g/mol. The van der Waals surface area contributed by atoms with Gasteiger partial charge in [-0.25, -0.2) is 4.39 Å². The molecule has 1 aromatic carbocycles. The van der Waals surface area contributed by atoms with E-state index in [1.807, 2.05) is 6.07 Å². The van der Waals surface area contributed by atoms with Crippen LogP contribution in [0.15, 0.2) is 39.5 Å². The molecule has 0 amide bonds. The summed E-state index contributed by atoms with van der Waals surface area (Å²) in [5.74, 6) is -0.209. The van der Waals surface area contributed by atoms with E-state index in [9.17, 15) is 4.39 Å². The lowest BCUT2D eigenvalue weighted by molar-refractivity contribution is 0.541. The van der Waals surface area contributed by atoms with Crippen molar-refractivity contribution in [1.29, 1.82) is 0 Å². The van der Waals surface area contributed by atoms with E-state index >= 15 is 0 Å². The lowest BCUT2D eigenvalue weighted by atomic mass is 10.1. The van der Waals surface area contributed by atoms with Gasteiger partial charge >= 0.3 is 0 Å². The molecule has 0 bridgehead atoms. The summed E-state index contributed by atoms with van der Waals surface area (Å²) in [7, 11) is 0. The van der Waals surface area contributed by atoms with Crippen LogP contribution in [0.1, 0.15) is 18.1 Å². The van der Waals surface area contributed by atoms with Gasteiger partial charge in [-0.05, 0) is 63.3 Å². The first-order chi connectivity index (χ1) is 8.66. The number of halogens is 2. The fraction of sp³-hybridized carbons (Fsp3) is 0.286. The predicted molar refractivity (Wildman–Crippen MR) is 78.4 cm³/mol. The van der Waals surface area contributed by atoms with Gasteiger partial charge in [-0.2, -0.15) is 11.3 Å². The Morgan fingerprint density at radius 1 is 1.39 bits per heavy atom. The van der Waals surface area contributed by atoms with E-state index < -0.39 is 0 Å². The molecule has 0 saturated carbocycles. The first-order valence-electron chi connectivity index (χ1n) is 5.84. The van der Waals surface area contributed by atoms with Crippen LogP contribution in [0, 0.1) is 5.82 Å². The van der Waals surface area contributed by atoms with Crippen molar-refractivity contribution in [2.24, 2.45) is 0 Å². The fourth-order valence-corrected chi connectivity index (χ4v) is 2.89. The van der Waals surface area contributed by atoms with Gasteiger partial charge in [-0.15, -0.1) is 0 Å². The Balaban J connectivity index is 1.89. The van der Waals surface area contributed by atoms with Gasteiger partial charge in [0.05, 0.1) is 4.47 Å². The second-order valence-electron chi connectivity index (χ2n) is 4.33. The topological polar surface area (TPSA) is 12.0 Å². The van der Waals surface area contributed by atoms with E-state index in [2.05, 4.69) is 45.0 Å². The molecule has 0 aliphatic rings. The highest BCUT2D eigenvalue weighted by Crippen LogP contribution is 2.20. The number of nitrogens with one attached hydrogen (secondary N) is 1. The molecule has 1 heterocycles. The summed E-state index contributed by atoms with van der Waals surface area (Å²) in [5.41, 5.74) is 2.30. The van der Waals surface area contributed by atoms with Crippen molar-refractivity contribution >= 4 is 27.3 Å². The second kappa shape index (κ2) is 6.45. The monoisotopic (exact) mass is 327 g/mol. The zero-order chi connectivity index (χ0) is 13.0. The predicted octanol–water partition coefficient (Wildman–Crippen LogP) is 4.37. The Morgan fingerprint density at radius 3 is 2.94 bits per heavy atom. The minimum absolute atomic E-state index is 0.209. The molecular formula is C14H15BrFNS. The van der Waals surface area contributed by atoms with Crippen LogP contribution in [0.4, 0.5) is 4.39 Å². The smallest absolute Gasteiger partial charge is 0.137 e. The number of benzene rings is 1. The maximum Gasteiger partial charge on any atom is 0.137 e. The lowest BCUT2D eigenvalue weighted by Crippen LogP contribution is -2.27. The molecule has 0 aliphatic heterocycles. The average molecular weight is 328 g/mol. The summed E-state index contributed by atoms with van der Waals surface area (Å²) in [5, 5.41) is 7.66. The normalized spacial score (nSPS) is 12.6. The van der Waals surface area contributed by atoms with Crippen molar-refractivity contribution in [3.05, 3.63) is 56.4 Å². The van der Waals surface area contributed by atoms with Gasteiger partial charge in [0.15, 0.2) is 0 Å². The molecule has 0 saturated heterocycles. The molecule has 1 atom stereocenters. The Hall–Kier alpha value is -0.710.